The fraction of sp³-hybridized carbons (Fsp3) is 0.929. The third kappa shape index (κ3) is 3.71. The van der Waals surface area contributed by atoms with E-state index in [0.29, 0.717) is 25.7 Å². The fourth-order valence-corrected chi connectivity index (χ4v) is 4.22. The Morgan fingerprint density at radius 2 is 1.96 bits per heavy atom. The lowest BCUT2D eigenvalue weighted by molar-refractivity contribution is -0.209. The van der Waals surface area contributed by atoms with E-state index in [1.54, 1.807) is 6.92 Å². The molecule has 7 nitrogen and oxygen atoms in total. The Morgan fingerprint density at radius 1 is 1.33 bits per heavy atom. The molecular formula is C14H22F2O7S. The molecule has 0 spiro atoms. The third-order valence-electron chi connectivity index (χ3n) is 5.23. The largest absolute Gasteiger partial charge is 0.430 e. The maximum absolute atomic E-state index is 13.2. The first-order valence-corrected chi connectivity index (χ1v) is 9.26. The predicted octanol–water partition coefficient (Wildman–Crippen LogP) is 1.30. The molecule has 0 bridgehead atoms. The van der Waals surface area contributed by atoms with Gasteiger partial charge in [0.2, 0.25) is 0 Å². The first-order chi connectivity index (χ1) is 10.9. The van der Waals surface area contributed by atoms with Crippen molar-refractivity contribution in [2.45, 2.75) is 62.6 Å². The van der Waals surface area contributed by atoms with Gasteiger partial charge < -0.3 is 14.9 Å². The number of hydrogen-bond donors (Lipinski definition) is 3. The van der Waals surface area contributed by atoms with Crippen LogP contribution >= 0.6 is 0 Å². The van der Waals surface area contributed by atoms with Crippen molar-refractivity contribution in [2.24, 2.45) is 17.8 Å². The summed E-state index contributed by atoms with van der Waals surface area (Å²) in [6.07, 6.45) is 0.386. The van der Waals surface area contributed by atoms with Crippen molar-refractivity contribution < 1.29 is 41.5 Å². The number of rotatable bonds is 5. The number of aliphatic hydroxyl groups is 2. The summed E-state index contributed by atoms with van der Waals surface area (Å²) in [6.45, 7) is 1.74. The molecule has 5 atom stereocenters. The van der Waals surface area contributed by atoms with Crippen LogP contribution in [0.2, 0.25) is 0 Å². The van der Waals surface area contributed by atoms with E-state index in [0.717, 1.165) is 12.8 Å². The van der Waals surface area contributed by atoms with Gasteiger partial charge in [0.1, 0.15) is 0 Å². The van der Waals surface area contributed by atoms with Gasteiger partial charge in [-0.1, -0.05) is 6.42 Å². The summed E-state index contributed by atoms with van der Waals surface area (Å²) in [6, 6.07) is 0. The summed E-state index contributed by atoms with van der Waals surface area (Å²) in [5.74, 6) is -1.83. The monoisotopic (exact) mass is 372 g/mol. The second-order valence-electron chi connectivity index (χ2n) is 6.95. The highest BCUT2D eigenvalue weighted by molar-refractivity contribution is 7.86. The van der Waals surface area contributed by atoms with E-state index >= 15 is 0 Å². The number of carbonyl (C=O) groups excluding carboxylic acids is 1. The van der Waals surface area contributed by atoms with E-state index < -0.39 is 39.2 Å². The van der Waals surface area contributed by atoms with Crippen molar-refractivity contribution >= 4 is 16.1 Å². The smallest absolute Gasteiger partial charge is 0.428 e. The van der Waals surface area contributed by atoms with Crippen LogP contribution in [0.5, 0.6) is 0 Å². The minimum Gasteiger partial charge on any atom is -0.428 e. The molecule has 2 saturated carbocycles. The van der Waals surface area contributed by atoms with Crippen LogP contribution in [0.1, 0.15) is 45.4 Å². The van der Waals surface area contributed by atoms with Gasteiger partial charge in [-0.15, -0.1) is 0 Å². The summed E-state index contributed by atoms with van der Waals surface area (Å²) in [5.41, 5.74) is -0.818. The molecule has 0 aromatic carbocycles. The van der Waals surface area contributed by atoms with Crippen molar-refractivity contribution in [3.05, 3.63) is 0 Å². The molecule has 5 unspecified atom stereocenters. The Balaban J connectivity index is 1.95. The molecule has 140 valence electrons. The molecule has 2 aliphatic carbocycles. The third-order valence-corrected chi connectivity index (χ3v) is 6.12. The zero-order chi connectivity index (χ0) is 18.3. The molecule has 2 fully saturated rings. The minimum atomic E-state index is -5.90. The first-order valence-electron chi connectivity index (χ1n) is 7.82. The number of halogens is 2. The van der Waals surface area contributed by atoms with Gasteiger partial charge in [0.05, 0.1) is 11.5 Å². The van der Waals surface area contributed by atoms with E-state index in [4.69, 9.17) is 9.66 Å². The van der Waals surface area contributed by atoms with Crippen LogP contribution in [0, 0.1) is 17.8 Å². The van der Waals surface area contributed by atoms with Crippen molar-refractivity contribution in [3.8, 4) is 0 Å². The lowest BCUT2D eigenvalue weighted by Gasteiger charge is -2.30. The van der Waals surface area contributed by atoms with E-state index in [9.17, 15) is 27.1 Å². The molecule has 2 aliphatic rings. The molecular weight excluding hydrogens is 350 g/mol. The van der Waals surface area contributed by atoms with Crippen molar-refractivity contribution in [2.75, 3.05) is 0 Å². The number of alkyl halides is 2. The van der Waals surface area contributed by atoms with Gasteiger partial charge in [0.15, 0.2) is 0 Å². The van der Waals surface area contributed by atoms with Crippen LogP contribution in [0.15, 0.2) is 0 Å². The maximum Gasteiger partial charge on any atom is 0.430 e. The summed E-state index contributed by atoms with van der Waals surface area (Å²) in [7, 11) is -5.90. The zero-order valence-electron chi connectivity index (χ0n) is 13.2. The number of esters is 1. The van der Waals surface area contributed by atoms with E-state index in [1.165, 1.54) is 0 Å². The van der Waals surface area contributed by atoms with Crippen LogP contribution < -0.4 is 0 Å². The van der Waals surface area contributed by atoms with Crippen LogP contribution in [0.4, 0.5) is 8.78 Å². The molecule has 24 heavy (non-hydrogen) atoms. The number of ether oxygens (including phenoxy) is 1. The highest BCUT2D eigenvalue weighted by atomic mass is 32.2. The average molecular weight is 372 g/mol. The van der Waals surface area contributed by atoms with Crippen LogP contribution in [-0.2, 0) is 19.6 Å². The van der Waals surface area contributed by atoms with E-state index in [1.807, 2.05) is 0 Å². The Labute approximate surface area is 138 Å². The molecule has 0 aromatic heterocycles. The molecule has 0 heterocycles. The lowest BCUT2D eigenvalue weighted by atomic mass is 9.80. The van der Waals surface area contributed by atoms with Crippen molar-refractivity contribution in [1.29, 1.82) is 0 Å². The second kappa shape index (κ2) is 6.47. The molecule has 0 amide bonds. The molecule has 10 heteroatoms. The van der Waals surface area contributed by atoms with Gasteiger partial charge in [-0.05, 0) is 50.9 Å². The predicted molar refractivity (Wildman–Crippen MR) is 77.4 cm³/mol. The van der Waals surface area contributed by atoms with Crippen LogP contribution in [0.25, 0.3) is 0 Å². The van der Waals surface area contributed by atoms with Crippen LogP contribution in [0.3, 0.4) is 0 Å². The molecule has 0 saturated heterocycles. The van der Waals surface area contributed by atoms with Gasteiger partial charge in [-0.25, -0.2) is 0 Å². The number of carbonyl (C=O) groups is 1. The number of aliphatic hydroxyl groups excluding tert-OH is 1. The molecule has 3 N–H and O–H groups in total. The SMILES string of the molecule is CC1(O)CCCC1C1CCC(C(=O)OC(O)C(F)(F)S(=O)(=O)O)C1. The maximum atomic E-state index is 13.2. The Morgan fingerprint density at radius 3 is 2.46 bits per heavy atom. The second-order valence-corrected chi connectivity index (χ2v) is 8.45. The summed E-state index contributed by atoms with van der Waals surface area (Å²) in [5, 5.41) is 14.5. The Kier molecular flexibility index (Phi) is 5.25. The van der Waals surface area contributed by atoms with Gasteiger partial charge in [-0.2, -0.15) is 17.2 Å². The summed E-state index contributed by atoms with van der Waals surface area (Å²) < 4.78 is 60.0. The topological polar surface area (TPSA) is 121 Å². The molecule has 2 rings (SSSR count). The van der Waals surface area contributed by atoms with E-state index in [2.05, 4.69) is 4.74 Å². The highest BCUT2D eigenvalue weighted by Crippen LogP contribution is 2.47. The summed E-state index contributed by atoms with van der Waals surface area (Å²) in [4.78, 5) is 11.9. The average Bonchev–Trinajstić information content (AvgIpc) is 3.02. The first kappa shape index (κ1) is 19.5. The lowest BCUT2D eigenvalue weighted by Crippen LogP contribution is -2.44. The van der Waals surface area contributed by atoms with Gasteiger partial charge in [-0.3, -0.25) is 9.35 Å². The van der Waals surface area contributed by atoms with Crippen LogP contribution in [-0.4, -0.2) is 46.3 Å². The normalized spacial score (nSPS) is 35.8. The molecule has 0 radical (unpaired) electrons. The van der Waals surface area contributed by atoms with Gasteiger partial charge >= 0.3 is 21.3 Å². The molecule has 0 aliphatic heterocycles. The van der Waals surface area contributed by atoms with Crippen molar-refractivity contribution in [3.63, 3.8) is 0 Å². The van der Waals surface area contributed by atoms with E-state index in [-0.39, 0.29) is 11.8 Å². The summed E-state index contributed by atoms with van der Waals surface area (Å²) >= 11 is 0. The zero-order valence-corrected chi connectivity index (χ0v) is 14.0. The van der Waals surface area contributed by atoms with Gasteiger partial charge in [0, 0.05) is 0 Å². The van der Waals surface area contributed by atoms with Crippen molar-refractivity contribution in [1.82, 2.24) is 0 Å². The quantitative estimate of drug-likeness (QED) is 0.378. The molecule has 0 aromatic rings. The standard InChI is InChI=1S/C14H22F2O7S/c1-13(19)6-2-3-10(13)8-4-5-9(7-8)11(17)23-12(18)14(15,16)24(20,21)22/h8-10,12,18-19H,2-7H2,1H3,(H,20,21,22). The number of hydrogen-bond acceptors (Lipinski definition) is 6. The fourth-order valence-electron chi connectivity index (χ4n) is 3.92. The minimum absolute atomic E-state index is 0.0134. The highest BCUT2D eigenvalue weighted by Gasteiger charge is 2.55. The van der Waals surface area contributed by atoms with Gasteiger partial charge in [0.25, 0.3) is 6.29 Å². The Bertz CT molecular complexity index is 590. The Hall–Kier alpha value is -0.840.